The molecule has 0 aliphatic heterocycles. The highest BCUT2D eigenvalue weighted by molar-refractivity contribution is 9.10. The first-order chi connectivity index (χ1) is 9.90. The maximum atomic E-state index is 13.0. The van der Waals surface area contributed by atoms with E-state index in [1.54, 1.807) is 23.4 Å². The number of hydrogen-bond donors (Lipinski definition) is 1. The minimum Gasteiger partial charge on any atom is -0.392 e. The highest BCUT2D eigenvalue weighted by atomic mass is 79.9. The van der Waals surface area contributed by atoms with Gasteiger partial charge < -0.3 is 5.11 Å². The van der Waals surface area contributed by atoms with E-state index in [2.05, 4.69) is 15.9 Å². The number of halogens is 1. The Hall–Kier alpha value is -0.430. The van der Waals surface area contributed by atoms with Gasteiger partial charge in [-0.15, -0.1) is 0 Å². The van der Waals surface area contributed by atoms with Gasteiger partial charge in [0.15, 0.2) is 0 Å². The van der Waals surface area contributed by atoms with Crippen LogP contribution in [0.2, 0.25) is 0 Å². The second kappa shape index (κ2) is 6.77. The predicted molar refractivity (Wildman–Crippen MR) is 86.6 cm³/mol. The molecule has 1 aromatic rings. The van der Waals surface area contributed by atoms with E-state index in [1.165, 1.54) is 0 Å². The normalized spacial score (nSPS) is 15.7. The van der Waals surface area contributed by atoms with Crippen LogP contribution in [-0.4, -0.2) is 30.9 Å². The summed E-state index contributed by atoms with van der Waals surface area (Å²) in [6, 6.07) is 3.35. The van der Waals surface area contributed by atoms with Gasteiger partial charge in [0.2, 0.25) is 10.0 Å². The van der Waals surface area contributed by atoms with Crippen molar-refractivity contribution in [2.75, 3.05) is 13.1 Å². The highest BCUT2D eigenvalue weighted by Crippen LogP contribution is 2.33. The smallest absolute Gasteiger partial charge is 0.243 e. The molecule has 1 aliphatic rings. The molecular formula is C15H22BrNO3S. The van der Waals surface area contributed by atoms with Crippen molar-refractivity contribution >= 4 is 26.0 Å². The van der Waals surface area contributed by atoms with Gasteiger partial charge in [-0.25, -0.2) is 8.42 Å². The minimum absolute atomic E-state index is 0.169. The SMILES string of the molecule is CCCN(CC1CC1)S(=O)(=O)c1cc(CO)cc(Br)c1C. The van der Waals surface area contributed by atoms with E-state index in [1.807, 2.05) is 6.92 Å². The Morgan fingerprint density at radius 2 is 2.05 bits per heavy atom. The summed E-state index contributed by atoms with van der Waals surface area (Å²) in [7, 11) is -3.51. The first kappa shape index (κ1) is 16.9. The molecule has 1 saturated carbocycles. The molecule has 0 heterocycles. The molecule has 0 amide bonds. The molecule has 118 valence electrons. The Labute approximate surface area is 135 Å². The molecule has 1 aromatic carbocycles. The lowest BCUT2D eigenvalue weighted by atomic mass is 10.2. The van der Waals surface area contributed by atoms with Crippen LogP contribution in [0.3, 0.4) is 0 Å². The lowest BCUT2D eigenvalue weighted by molar-refractivity contribution is 0.281. The number of rotatable bonds is 7. The summed E-state index contributed by atoms with van der Waals surface area (Å²) in [5.41, 5.74) is 1.30. The van der Waals surface area contributed by atoms with Gasteiger partial charge in [-0.2, -0.15) is 4.31 Å². The van der Waals surface area contributed by atoms with E-state index < -0.39 is 10.0 Å². The lowest BCUT2D eigenvalue weighted by Crippen LogP contribution is -2.34. The molecule has 0 unspecified atom stereocenters. The van der Waals surface area contributed by atoms with Crippen molar-refractivity contribution < 1.29 is 13.5 Å². The van der Waals surface area contributed by atoms with Gasteiger partial charge in [-0.3, -0.25) is 0 Å². The quantitative estimate of drug-likeness (QED) is 0.796. The number of aliphatic hydroxyl groups excluding tert-OH is 1. The fourth-order valence-electron chi connectivity index (χ4n) is 2.35. The van der Waals surface area contributed by atoms with Crippen molar-refractivity contribution in [1.82, 2.24) is 4.31 Å². The molecule has 0 spiro atoms. The second-order valence-electron chi connectivity index (χ2n) is 5.67. The molecule has 2 rings (SSSR count). The van der Waals surface area contributed by atoms with Crippen LogP contribution in [0, 0.1) is 12.8 Å². The third-order valence-electron chi connectivity index (χ3n) is 3.79. The van der Waals surface area contributed by atoms with E-state index >= 15 is 0 Å². The molecule has 0 radical (unpaired) electrons. The Balaban J connectivity index is 2.42. The van der Waals surface area contributed by atoms with Gasteiger partial charge in [0.25, 0.3) is 0 Å². The van der Waals surface area contributed by atoms with E-state index in [0.717, 1.165) is 23.7 Å². The van der Waals surface area contributed by atoms with Crippen LogP contribution in [0.4, 0.5) is 0 Å². The first-order valence-corrected chi connectivity index (χ1v) is 9.53. The zero-order valence-corrected chi connectivity index (χ0v) is 14.9. The van der Waals surface area contributed by atoms with Crippen molar-refractivity contribution in [3.8, 4) is 0 Å². The Kier molecular flexibility index (Phi) is 5.46. The summed E-state index contributed by atoms with van der Waals surface area (Å²) in [6.45, 7) is 4.76. The molecule has 1 N–H and O–H groups in total. The summed E-state index contributed by atoms with van der Waals surface area (Å²) in [5, 5.41) is 9.31. The monoisotopic (exact) mass is 375 g/mol. The van der Waals surface area contributed by atoms with Gasteiger partial charge >= 0.3 is 0 Å². The number of aliphatic hydroxyl groups is 1. The molecule has 6 heteroatoms. The van der Waals surface area contributed by atoms with Crippen LogP contribution < -0.4 is 0 Å². The number of hydrogen-bond acceptors (Lipinski definition) is 3. The minimum atomic E-state index is -3.51. The fraction of sp³-hybridized carbons (Fsp3) is 0.600. The van der Waals surface area contributed by atoms with Gasteiger partial charge in [-0.1, -0.05) is 22.9 Å². The van der Waals surface area contributed by atoms with E-state index in [4.69, 9.17) is 0 Å². The van der Waals surface area contributed by atoms with Crippen molar-refractivity contribution in [2.45, 2.75) is 44.6 Å². The molecule has 0 aromatic heterocycles. The topological polar surface area (TPSA) is 57.6 Å². The van der Waals surface area contributed by atoms with Crippen LogP contribution in [0.15, 0.2) is 21.5 Å². The lowest BCUT2D eigenvalue weighted by Gasteiger charge is -2.23. The Morgan fingerprint density at radius 3 is 2.57 bits per heavy atom. The summed E-state index contributed by atoms with van der Waals surface area (Å²) >= 11 is 3.39. The second-order valence-corrected chi connectivity index (χ2v) is 8.43. The molecule has 21 heavy (non-hydrogen) atoms. The summed E-state index contributed by atoms with van der Waals surface area (Å²) in [5.74, 6) is 0.510. The Bertz CT molecular complexity index is 612. The van der Waals surface area contributed by atoms with Gasteiger partial charge in [0, 0.05) is 17.6 Å². The fourth-order valence-corrected chi connectivity index (χ4v) is 4.90. The van der Waals surface area contributed by atoms with E-state index in [9.17, 15) is 13.5 Å². The average molecular weight is 376 g/mol. The zero-order valence-electron chi connectivity index (χ0n) is 12.5. The molecule has 0 atom stereocenters. The predicted octanol–water partition coefficient (Wildman–Crippen LogP) is 3.06. The van der Waals surface area contributed by atoms with Crippen LogP contribution >= 0.6 is 15.9 Å². The average Bonchev–Trinajstić information content (AvgIpc) is 3.25. The molecule has 0 saturated heterocycles. The zero-order chi connectivity index (χ0) is 15.6. The number of sulfonamides is 1. The van der Waals surface area contributed by atoms with Gasteiger partial charge in [0.1, 0.15) is 0 Å². The first-order valence-electron chi connectivity index (χ1n) is 7.30. The number of benzene rings is 1. The Morgan fingerprint density at radius 1 is 1.38 bits per heavy atom. The number of nitrogens with zero attached hydrogens (tertiary/aromatic N) is 1. The largest absolute Gasteiger partial charge is 0.392 e. The van der Waals surface area contributed by atoms with Crippen molar-refractivity contribution in [2.24, 2.45) is 5.92 Å². The van der Waals surface area contributed by atoms with Crippen LogP contribution in [0.5, 0.6) is 0 Å². The summed E-state index contributed by atoms with van der Waals surface area (Å²) < 4.78 is 28.2. The third-order valence-corrected chi connectivity index (χ3v) is 6.60. The van der Waals surface area contributed by atoms with Crippen LogP contribution in [-0.2, 0) is 16.6 Å². The standard InChI is InChI=1S/C15H22BrNO3S/c1-3-6-17(9-12-4-5-12)21(19,20)15-8-13(10-18)7-14(16)11(15)2/h7-8,12,18H,3-6,9-10H2,1-2H3. The molecular weight excluding hydrogens is 354 g/mol. The van der Waals surface area contributed by atoms with Gasteiger partial charge in [0.05, 0.1) is 11.5 Å². The van der Waals surface area contributed by atoms with Crippen molar-refractivity contribution in [1.29, 1.82) is 0 Å². The van der Waals surface area contributed by atoms with Crippen molar-refractivity contribution in [3.63, 3.8) is 0 Å². The van der Waals surface area contributed by atoms with Crippen LogP contribution in [0.25, 0.3) is 0 Å². The maximum absolute atomic E-state index is 13.0. The summed E-state index contributed by atoms with van der Waals surface area (Å²) in [4.78, 5) is 0.301. The highest BCUT2D eigenvalue weighted by Gasteiger charge is 2.32. The third kappa shape index (κ3) is 3.86. The maximum Gasteiger partial charge on any atom is 0.243 e. The van der Waals surface area contributed by atoms with E-state index in [-0.39, 0.29) is 6.61 Å². The molecule has 1 fully saturated rings. The summed E-state index contributed by atoms with van der Waals surface area (Å²) in [6.07, 6.45) is 3.04. The van der Waals surface area contributed by atoms with Crippen LogP contribution in [0.1, 0.15) is 37.3 Å². The molecule has 1 aliphatic carbocycles. The van der Waals surface area contributed by atoms with Gasteiger partial charge in [-0.05, 0) is 55.4 Å². The molecule has 4 nitrogen and oxygen atoms in total. The molecule has 0 bridgehead atoms. The van der Waals surface area contributed by atoms with E-state index in [0.29, 0.717) is 35.0 Å². The van der Waals surface area contributed by atoms with Crippen molar-refractivity contribution in [3.05, 3.63) is 27.7 Å².